The normalized spacial score (nSPS) is 17.0. The number of β-amino-alcohol motifs (C(OH)–C–C–N with tert-alkyl or cyclic N) is 1. The minimum Gasteiger partial charge on any atom is -0.464 e. The van der Waals surface area contributed by atoms with Crippen LogP contribution in [0.4, 0.5) is 0 Å². The second-order valence-electron chi connectivity index (χ2n) is 6.16. The molecule has 0 bridgehead atoms. The van der Waals surface area contributed by atoms with E-state index in [9.17, 15) is 9.90 Å². The molecular formula is C17H21NO3. The van der Waals surface area contributed by atoms with Crippen LogP contribution < -0.4 is 0 Å². The number of amides is 1. The number of nitrogens with zero attached hydrogens (tertiary/aromatic N) is 1. The Morgan fingerprint density at radius 3 is 2.90 bits per heavy atom. The van der Waals surface area contributed by atoms with Gasteiger partial charge in [-0.3, -0.25) is 4.79 Å². The summed E-state index contributed by atoms with van der Waals surface area (Å²) >= 11 is 0. The van der Waals surface area contributed by atoms with Crippen LogP contribution in [0.3, 0.4) is 0 Å². The van der Waals surface area contributed by atoms with Gasteiger partial charge < -0.3 is 14.4 Å². The molecule has 0 radical (unpaired) electrons. The van der Waals surface area contributed by atoms with Crippen LogP contribution >= 0.6 is 0 Å². The van der Waals surface area contributed by atoms with E-state index in [4.69, 9.17) is 4.42 Å². The number of fused-ring (bicyclic) bond motifs is 1. The van der Waals surface area contributed by atoms with E-state index in [0.29, 0.717) is 19.5 Å². The molecule has 1 amide bonds. The summed E-state index contributed by atoms with van der Waals surface area (Å²) in [5, 5.41) is 11.1. The van der Waals surface area contributed by atoms with Crippen LogP contribution in [0, 0.1) is 6.92 Å². The van der Waals surface area contributed by atoms with Gasteiger partial charge >= 0.3 is 0 Å². The topological polar surface area (TPSA) is 53.7 Å². The number of carbonyl (C=O) groups is 1. The summed E-state index contributed by atoms with van der Waals surface area (Å²) in [7, 11) is 0. The lowest BCUT2D eigenvalue weighted by Gasteiger charge is -2.46. The molecule has 1 saturated heterocycles. The van der Waals surface area contributed by atoms with E-state index in [-0.39, 0.29) is 5.91 Å². The Morgan fingerprint density at radius 2 is 2.19 bits per heavy atom. The zero-order chi connectivity index (χ0) is 15.0. The third-order valence-electron chi connectivity index (χ3n) is 4.19. The molecule has 4 nitrogen and oxygen atoms in total. The fraction of sp³-hybridized carbons (Fsp3) is 0.471. The molecule has 0 atom stereocenters. The average molecular weight is 287 g/mol. The molecule has 1 aliphatic heterocycles. The standard InChI is InChI=1S/C17H21NO3/c1-3-6-17(20)10-18(11-17)16(19)8-13-9-21-15-7-12(2)4-5-14(13)15/h4-5,7,9,20H,3,6,8,10-11H2,1-2H3. The van der Waals surface area contributed by atoms with Crippen molar-refractivity contribution in [1.82, 2.24) is 4.90 Å². The number of rotatable bonds is 4. The maximum atomic E-state index is 12.3. The molecule has 0 spiro atoms. The number of aryl methyl sites for hydroxylation is 1. The van der Waals surface area contributed by atoms with Crippen molar-refractivity contribution in [2.24, 2.45) is 0 Å². The maximum absolute atomic E-state index is 12.3. The highest BCUT2D eigenvalue weighted by Gasteiger charge is 2.42. The smallest absolute Gasteiger partial charge is 0.227 e. The van der Waals surface area contributed by atoms with Crippen molar-refractivity contribution in [2.75, 3.05) is 13.1 Å². The lowest BCUT2D eigenvalue weighted by Crippen LogP contribution is -2.63. The quantitative estimate of drug-likeness (QED) is 0.940. The molecule has 1 fully saturated rings. The summed E-state index contributed by atoms with van der Waals surface area (Å²) in [5.74, 6) is 0.0547. The minimum atomic E-state index is -0.667. The van der Waals surface area contributed by atoms with E-state index in [1.165, 1.54) is 0 Å². The van der Waals surface area contributed by atoms with Gasteiger partial charge in [0, 0.05) is 10.9 Å². The molecule has 1 aromatic carbocycles. The van der Waals surface area contributed by atoms with Gasteiger partial charge in [0.15, 0.2) is 0 Å². The van der Waals surface area contributed by atoms with E-state index >= 15 is 0 Å². The average Bonchev–Trinajstić information content (AvgIpc) is 2.78. The molecule has 2 aromatic rings. The van der Waals surface area contributed by atoms with Gasteiger partial charge in [-0.05, 0) is 25.0 Å². The minimum absolute atomic E-state index is 0.0547. The van der Waals surface area contributed by atoms with E-state index in [2.05, 4.69) is 0 Å². The van der Waals surface area contributed by atoms with Gasteiger partial charge in [0.25, 0.3) is 0 Å². The highest BCUT2D eigenvalue weighted by molar-refractivity contribution is 5.88. The second kappa shape index (κ2) is 5.19. The summed E-state index contributed by atoms with van der Waals surface area (Å²) in [4.78, 5) is 14.0. The zero-order valence-electron chi connectivity index (χ0n) is 12.6. The maximum Gasteiger partial charge on any atom is 0.227 e. The Hall–Kier alpha value is -1.81. The van der Waals surface area contributed by atoms with Crippen LogP contribution in [0.15, 0.2) is 28.9 Å². The second-order valence-corrected chi connectivity index (χ2v) is 6.16. The SMILES string of the molecule is CCCC1(O)CN(C(=O)Cc2coc3cc(C)ccc23)C1. The van der Waals surface area contributed by atoms with Crippen molar-refractivity contribution in [2.45, 2.75) is 38.7 Å². The number of benzene rings is 1. The van der Waals surface area contributed by atoms with Crippen molar-refractivity contribution in [3.63, 3.8) is 0 Å². The summed E-state index contributed by atoms with van der Waals surface area (Å²) in [6.45, 7) is 4.96. The summed E-state index contributed by atoms with van der Waals surface area (Å²) in [6, 6.07) is 6.00. The number of aliphatic hydroxyl groups is 1. The molecule has 4 heteroatoms. The van der Waals surface area contributed by atoms with E-state index in [1.54, 1.807) is 11.2 Å². The van der Waals surface area contributed by atoms with E-state index < -0.39 is 5.60 Å². The lowest BCUT2D eigenvalue weighted by atomic mass is 9.89. The molecule has 1 aromatic heterocycles. The monoisotopic (exact) mass is 287 g/mol. The molecule has 21 heavy (non-hydrogen) atoms. The molecule has 0 unspecified atom stereocenters. The van der Waals surface area contributed by atoms with Gasteiger partial charge in [-0.2, -0.15) is 0 Å². The van der Waals surface area contributed by atoms with Crippen LogP contribution in [0.2, 0.25) is 0 Å². The zero-order valence-corrected chi connectivity index (χ0v) is 12.6. The van der Waals surface area contributed by atoms with Gasteiger partial charge in [0.2, 0.25) is 5.91 Å². The summed E-state index contributed by atoms with van der Waals surface area (Å²) < 4.78 is 5.52. The predicted octanol–water partition coefficient (Wildman–Crippen LogP) is 2.66. The molecule has 2 heterocycles. The molecule has 0 saturated carbocycles. The Bertz CT molecular complexity index is 668. The molecule has 1 aliphatic rings. The Labute approximate surface area is 124 Å². The van der Waals surface area contributed by atoms with E-state index in [1.807, 2.05) is 32.0 Å². The van der Waals surface area contributed by atoms with Gasteiger partial charge in [-0.1, -0.05) is 25.5 Å². The van der Waals surface area contributed by atoms with Crippen LogP contribution in [0.25, 0.3) is 11.0 Å². The molecule has 1 N–H and O–H groups in total. The van der Waals surface area contributed by atoms with Crippen molar-refractivity contribution < 1.29 is 14.3 Å². The fourth-order valence-electron chi connectivity index (χ4n) is 3.07. The third-order valence-corrected chi connectivity index (χ3v) is 4.19. The van der Waals surface area contributed by atoms with E-state index in [0.717, 1.165) is 34.9 Å². The fourth-order valence-corrected chi connectivity index (χ4v) is 3.07. The first-order valence-corrected chi connectivity index (χ1v) is 7.48. The summed E-state index contributed by atoms with van der Waals surface area (Å²) in [6.07, 6.45) is 3.69. The number of likely N-dealkylation sites (tertiary alicyclic amines) is 1. The highest BCUT2D eigenvalue weighted by Crippen LogP contribution is 2.28. The largest absolute Gasteiger partial charge is 0.464 e. The number of hydrogen-bond acceptors (Lipinski definition) is 3. The van der Waals surface area contributed by atoms with Gasteiger partial charge in [0.05, 0.1) is 31.4 Å². The highest BCUT2D eigenvalue weighted by atomic mass is 16.3. The molecule has 3 rings (SSSR count). The van der Waals surface area contributed by atoms with Crippen LogP contribution in [0.1, 0.15) is 30.9 Å². The van der Waals surface area contributed by atoms with Gasteiger partial charge in [-0.25, -0.2) is 0 Å². The first-order valence-electron chi connectivity index (χ1n) is 7.48. The van der Waals surface area contributed by atoms with Gasteiger partial charge in [0.1, 0.15) is 5.58 Å². The summed E-state index contributed by atoms with van der Waals surface area (Å²) in [5.41, 5.74) is 2.21. The van der Waals surface area contributed by atoms with Crippen molar-refractivity contribution in [3.8, 4) is 0 Å². The van der Waals surface area contributed by atoms with Crippen molar-refractivity contribution in [1.29, 1.82) is 0 Å². The first kappa shape index (κ1) is 14.1. The van der Waals surface area contributed by atoms with Crippen LogP contribution in [-0.4, -0.2) is 34.6 Å². The Balaban J connectivity index is 1.68. The Morgan fingerprint density at radius 1 is 1.43 bits per heavy atom. The van der Waals surface area contributed by atoms with Gasteiger partial charge in [-0.15, -0.1) is 0 Å². The molecule has 0 aliphatic carbocycles. The number of carbonyl (C=O) groups excluding carboxylic acids is 1. The van der Waals surface area contributed by atoms with Crippen LogP contribution in [-0.2, 0) is 11.2 Å². The van der Waals surface area contributed by atoms with Crippen molar-refractivity contribution >= 4 is 16.9 Å². The third kappa shape index (κ3) is 2.68. The first-order chi connectivity index (χ1) is 10.0. The number of furan rings is 1. The van der Waals surface area contributed by atoms with Crippen LogP contribution in [0.5, 0.6) is 0 Å². The molecular weight excluding hydrogens is 266 g/mol. The lowest BCUT2D eigenvalue weighted by molar-refractivity contribution is -0.155. The molecule has 112 valence electrons. The predicted molar refractivity (Wildman–Crippen MR) is 81.1 cm³/mol. The Kier molecular flexibility index (Phi) is 3.49. The van der Waals surface area contributed by atoms with Crippen molar-refractivity contribution in [3.05, 3.63) is 35.6 Å². The number of hydrogen-bond donors (Lipinski definition) is 1.